The first-order valence-corrected chi connectivity index (χ1v) is 4.58. The molecule has 4 nitrogen and oxygen atoms in total. The van der Waals surface area contributed by atoms with E-state index in [1.807, 2.05) is 0 Å². The molecule has 1 amide bonds. The number of hydrogen-bond donors (Lipinski definition) is 2. The van der Waals surface area contributed by atoms with Crippen molar-refractivity contribution in [3.8, 4) is 6.07 Å². The topological polar surface area (TPSA) is 73.1 Å². The zero-order valence-corrected chi connectivity index (χ0v) is 7.49. The van der Waals surface area contributed by atoms with Crippen molar-refractivity contribution in [1.82, 2.24) is 5.32 Å². The molecule has 72 valence electrons. The SMILES string of the molecule is N#CCCC1CCC(NC(=O)O)C1. The van der Waals surface area contributed by atoms with Crippen LogP contribution in [0.25, 0.3) is 0 Å². The van der Waals surface area contributed by atoms with Gasteiger partial charge in [-0.15, -0.1) is 0 Å². The van der Waals surface area contributed by atoms with Crippen molar-refractivity contribution in [2.45, 2.75) is 38.1 Å². The van der Waals surface area contributed by atoms with Gasteiger partial charge >= 0.3 is 6.09 Å². The zero-order valence-electron chi connectivity index (χ0n) is 7.49. The first kappa shape index (κ1) is 9.85. The molecule has 1 aliphatic rings. The third kappa shape index (κ3) is 3.32. The Bertz CT molecular complexity index is 222. The molecule has 2 N–H and O–H groups in total. The summed E-state index contributed by atoms with van der Waals surface area (Å²) in [7, 11) is 0. The molecule has 0 radical (unpaired) electrons. The highest BCUT2D eigenvalue weighted by Gasteiger charge is 2.25. The van der Waals surface area contributed by atoms with Crippen LogP contribution in [0, 0.1) is 17.2 Å². The van der Waals surface area contributed by atoms with Gasteiger partial charge in [-0.05, 0) is 31.6 Å². The molecule has 4 heteroatoms. The maximum atomic E-state index is 10.3. The van der Waals surface area contributed by atoms with Crippen molar-refractivity contribution in [2.24, 2.45) is 5.92 Å². The molecule has 1 rings (SSSR count). The fourth-order valence-electron chi connectivity index (χ4n) is 1.91. The minimum absolute atomic E-state index is 0.112. The third-order valence-corrected chi connectivity index (χ3v) is 2.53. The van der Waals surface area contributed by atoms with E-state index in [-0.39, 0.29) is 6.04 Å². The quantitative estimate of drug-likeness (QED) is 0.698. The van der Waals surface area contributed by atoms with Crippen molar-refractivity contribution in [1.29, 1.82) is 5.26 Å². The summed E-state index contributed by atoms with van der Waals surface area (Å²) in [6, 6.07) is 2.23. The number of carbonyl (C=O) groups is 1. The highest BCUT2D eigenvalue weighted by molar-refractivity contribution is 5.64. The van der Waals surface area contributed by atoms with Crippen LogP contribution in [0.5, 0.6) is 0 Å². The van der Waals surface area contributed by atoms with E-state index >= 15 is 0 Å². The average molecular weight is 182 g/mol. The van der Waals surface area contributed by atoms with Gasteiger partial charge in [-0.1, -0.05) is 0 Å². The molecule has 0 aromatic carbocycles. The molecule has 1 aliphatic carbocycles. The van der Waals surface area contributed by atoms with Crippen LogP contribution in [0.4, 0.5) is 4.79 Å². The van der Waals surface area contributed by atoms with Gasteiger partial charge in [0.25, 0.3) is 0 Å². The predicted molar refractivity (Wildman–Crippen MR) is 47.1 cm³/mol. The van der Waals surface area contributed by atoms with E-state index in [1.165, 1.54) is 0 Å². The van der Waals surface area contributed by atoms with E-state index in [0.717, 1.165) is 25.7 Å². The van der Waals surface area contributed by atoms with Crippen LogP contribution >= 0.6 is 0 Å². The van der Waals surface area contributed by atoms with E-state index in [0.29, 0.717) is 12.3 Å². The van der Waals surface area contributed by atoms with Crippen LogP contribution in [0.2, 0.25) is 0 Å². The predicted octanol–water partition coefficient (Wildman–Crippen LogP) is 1.73. The van der Waals surface area contributed by atoms with Crippen LogP contribution in [0.1, 0.15) is 32.1 Å². The highest BCUT2D eigenvalue weighted by Crippen LogP contribution is 2.28. The molecule has 1 saturated carbocycles. The zero-order chi connectivity index (χ0) is 9.68. The van der Waals surface area contributed by atoms with E-state index < -0.39 is 6.09 Å². The molecule has 0 aliphatic heterocycles. The molecule has 0 aromatic heterocycles. The molecule has 1 fully saturated rings. The van der Waals surface area contributed by atoms with Crippen molar-refractivity contribution >= 4 is 6.09 Å². The maximum absolute atomic E-state index is 10.3. The van der Waals surface area contributed by atoms with Crippen LogP contribution in [0.3, 0.4) is 0 Å². The lowest BCUT2D eigenvalue weighted by Crippen LogP contribution is -2.31. The van der Waals surface area contributed by atoms with Gasteiger partial charge in [0.05, 0.1) is 6.07 Å². The van der Waals surface area contributed by atoms with Gasteiger partial charge in [0.2, 0.25) is 0 Å². The second kappa shape index (κ2) is 4.70. The fraction of sp³-hybridized carbons (Fsp3) is 0.778. The Hall–Kier alpha value is -1.24. The molecule has 2 unspecified atom stereocenters. The normalized spacial score (nSPS) is 26.7. The molecule has 13 heavy (non-hydrogen) atoms. The summed E-state index contributed by atoms with van der Waals surface area (Å²) in [6.45, 7) is 0. The van der Waals surface area contributed by atoms with Crippen molar-refractivity contribution < 1.29 is 9.90 Å². The van der Waals surface area contributed by atoms with E-state index in [2.05, 4.69) is 11.4 Å². The summed E-state index contributed by atoms with van der Waals surface area (Å²) < 4.78 is 0. The summed E-state index contributed by atoms with van der Waals surface area (Å²) >= 11 is 0. The van der Waals surface area contributed by atoms with Crippen LogP contribution in [-0.2, 0) is 0 Å². The summed E-state index contributed by atoms with van der Waals surface area (Å²) in [4.78, 5) is 10.3. The minimum Gasteiger partial charge on any atom is -0.465 e. The van der Waals surface area contributed by atoms with E-state index in [1.54, 1.807) is 0 Å². The minimum atomic E-state index is -0.939. The van der Waals surface area contributed by atoms with Gasteiger partial charge < -0.3 is 10.4 Å². The summed E-state index contributed by atoms with van der Waals surface area (Å²) in [5, 5.41) is 19.3. The maximum Gasteiger partial charge on any atom is 0.404 e. The average Bonchev–Trinajstić information content (AvgIpc) is 2.48. The molecule has 0 spiro atoms. The molecular weight excluding hydrogens is 168 g/mol. The van der Waals surface area contributed by atoms with E-state index in [4.69, 9.17) is 10.4 Å². The first-order chi connectivity index (χ1) is 6.22. The molecule has 0 aromatic rings. The molecule has 0 heterocycles. The Morgan fingerprint density at radius 2 is 2.38 bits per heavy atom. The second-order valence-electron chi connectivity index (χ2n) is 3.52. The van der Waals surface area contributed by atoms with Crippen molar-refractivity contribution in [3.05, 3.63) is 0 Å². The fourth-order valence-corrected chi connectivity index (χ4v) is 1.91. The summed E-state index contributed by atoms with van der Waals surface area (Å²) in [5.74, 6) is 0.538. The Morgan fingerprint density at radius 1 is 1.62 bits per heavy atom. The Morgan fingerprint density at radius 3 is 3.00 bits per heavy atom. The number of carboxylic acid groups (broad SMARTS) is 1. The summed E-state index contributed by atoms with van der Waals surface area (Å²) in [6.07, 6.45) is 3.42. The molecule has 0 saturated heterocycles. The Labute approximate surface area is 77.6 Å². The van der Waals surface area contributed by atoms with Gasteiger partial charge in [0.1, 0.15) is 0 Å². The van der Waals surface area contributed by atoms with E-state index in [9.17, 15) is 4.79 Å². The number of nitriles is 1. The standard InChI is InChI=1S/C9H14N2O2/c10-5-1-2-7-3-4-8(6-7)11-9(12)13/h7-8,11H,1-4,6H2,(H,12,13). The number of rotatable bonds is 3. The first-order valence-electron chi connectivity index (χ1n) is 4.58. The number of hydrogen-bond acceptors (Lipinski definition) is 2. The van der Waals surface area contributed by atoms with Gasteiger partial charge in [-0.25, -0.2) is 4.79 Å². The number of nitrogens with one attached hydrogen (secondary N) is 1. The molecule has 0 bridgehead atoms. The Kier molecular flexibility index (Phi) is 3.56. The number of nitrogens with zero attached hydrogens (tertiary/aromatic N) is 1. The van der Waals surface area contributed by atoms with Crippen molar-refractivity contribution in [3.63, 3.8) is 0 Å². The van der Waals surface area contributed by atoms with Gasteiger partial charge in [0.15, 0.2) is 0 Å². The number of amides is 1. The van der Waals surface area contributed by atoms with Gasteiger partial charge in [-0.2, -0.15) is 5.26 Å². The molecular formula is C9H14N2O2. The van der Waals surface area contributed by atoms with Crippen LogP contribution < -0.4 is 5.32 Å². The van der Waals surface area contributed by atoms with Gasteiger partial charge in [-0.3, -0.25) is 0 Å². The monoisotopic (exact) mass is 182 g/mol. The van der Waals surface area contributed by atoms with Crippen molar-refractivity contribution in [2.75, 3.05) is 0 Å². The lowest BCUT2D eigenvalue weighted by molar-refractivity contribution is 0.189. The Balaban J connectivity index is 2.20. The molecule has 2 atom stereocenters. The van der Waals surface area contributed by atoms with Crippen LogP contribution in [0.15, 0.2) is 0 Å². The second-order valence-corrected chi connectivity index (χ2v) is 3.52. The third-order valence-electron chi connectivity index (χ3n) is 2.53. The lowest BCUT2D eigenvalue weighted by Gasteiger charge is -2.09. The largest absolute Gasteiger partial charge is 0.465 e. The smallest absolute Gasteiger partial charge is 0.404 e. The lowest BCUT2D eigenvalue weighted by atomic mass is 10.0. The summed E-state index contributed by atoms with van der Waals surface area (Å²) in [5.41, 5.74) is 0. The van der Waals surface area contributed by atoms with Gasteiger partial charge in [0, 0.05) is 12.5 Å². The highest BCUT2D eigenvalue weighted by atomic mass is 16.4. The van der Waals surface area contributed by atoms with Crippen LogP contribution in [-0.4, -0.2) is 17.2 Å².